The maximum atomic E-state index is 12.4. The number of carbonyl (C=O) groups excluding carboxylic acids is 3. The molecule has 2 amide bonds. The predicted octanol–water partition coefficient (Wildman–Crippen LogP) is 4.51. The van der Waals surface area contributed by atoms with Crippen LogP contribution in [0.3, 0.4) is 0 Å². The van der Waals surface area contributed by atoms with Crippen LogP contribution in [0, 0.1) is 0 Å². The molecule has 1 saturated heterocycles. The van der Waals surface area contributed by atoms with Crippen LogP contribution in [0.15, 0.2) is 23.1 Å². The Labute approximate surface area is 167 Å². The van der Waals surface area contributed by atoms with Crippen LogP contribution in [0.1, 0.15) is 39.7 Å². The number of benzene rings is 1. The van der Waals surface area contributed by atoms with Crippen molar-refractivity contribution in [1.82, 2.24) is 4.90 Å². The first-order chi connectivity index (χ1) is 12.7. The molecule has 0 bridgehead atoms. The van der Waals surface area contributed by atoms with Crippen LogP contribution in [0.4, 0.5) is 4.79 Å². The van der Waals surface area contributed by atoms with E-state index in [1.54, 1.807) is 38.1 Å². The molecule has 27 heavy (non-hydrogen) atoms. The average molecular weight is 412 g/mol. The minimum atomic E-state index is -0.622. The van der Waals surface area contributed by atoms with Gasteiger partial charge in [-0.1, -0.05) is 24.6 Å². The van der Waals surface area contributed by atoms with E-state index in [0.717, 1.165) is 23.1 Å². The summed E-state index contributed by atoms with van der Waals surface area (Å²) in [6, 6.07) is 5.15. The van der Waals surface area contributed by atoms with Crippen molar-refractivity contribution in [2.45, 2.75) is 46.3 Å². The van der Waals surface area contributed by atoms with Gasteiger partial charge in [0.05, 0.1) is 22.1 Å². The summed E-state index contributed by atoms with van der Waals surface area (Å²) >= 11 is 7.02. The number of hydrogen-bond donors (Lipinski definition) is 0. The molecule has 1 aliphatic heterocycles. The lowest BCUT2D eigenvalue weighted by molar-refractivity contribution is -0.149. The van der Waals surface area contributed by atoms with Gasteiger partial charge >= 0.3 is 5.97 Å². The number of imide groups is 1. The molecule has 2 rings (SSSR count). The summed E-state index contributed by atoms with van der Waals surface area (Å²) in [6.07, 6.45) is 2.14. The molecule has 1 aromatic rings. The standard InChI is InChI=1S/C19H22ClNO5S/c1-5-12(4)26-15-7-6-13(8-14(15)20)9-16-18(23)21(19(24)27-16)10-17(22)25-11(2)3/h6-9,11-12H,5,10H2,1-4H3/b16-9+/t12-/m1/s1. The van der Waals surface area contributed by atoms with Crippen molar-refractivity contribution in [2.75, 3.05) is 6.54 Å². The number of hydrogen-bond acceptors (Lipinski definition) is 6. The summed E-state index contributed by atoms with van der Waals surface area (Å²) in [5, 5.41) is -0.0847. The van der Waals surface area contributed by atoms with Gasteiger partial charge in [0.25, 0.3) is 11.1 Å². The number of ether oxygens (including phenoxy) is 2. The third-order valence-corrected chi connectivity index (χ3v) is 4.89. The van der Waals surface area contributed by atoms with Gasteiger partial charge in [0, 0.05) is 0 Å². The molecule has 0 N–H and O–H groups in total. The Hall–Kier alpha value is -1.99. The molecule has 146 valence electrons. The van der Waals surface area contributed by atoms with E-state index >= 15 is 0 Å². The zero-order chi connectivity index (χ0) is 20.1. The van der Waals surface area contributed by atoms with Crippen LogP contribution >= 0.6 is 23.4 Å². The van der Waals surface area contributed by atoms with Gasteiger partial charge in [-0.3, -0.25) is 19.3 Å². The van der Waals surface area contributed by atoms with Gasteiger partial charge in [-0.25, -0.2) is 0 Å². The van der Waals surface area contributed by atoms with Crippen LogP contribution in [-0.4, -0.2) is 40.8 Å². The smallest absolute Gasteiger partial charge is 0.326 e. The van der Waals surface area contributed by atoms with E-state index in [4.69, 9.17) is 21.1 Å². The van der Waals surface area contributed by atoms with Gasteiger partial charge in [0.1, 0.15) is 12.3 Å². The highest BCUT2D eigenvalue weighted by atomic mass is 35.5. The fourth-order valence-electron chi connectivity index (χ4n) is 2.22. The molecule has 1 heterocycles. The summed E-state index contributed by atoms with van der Waals surface area (Å²) in [5.41, 5.74) is 0.659. The zero-order valence-corrected chi connectivity index (χ0v) is 17.2. The van der Waals surface area contributed by atoms with Crippen LogP contribution in [0.5, 0.6) is 5.75 Å². The van der Waals surface area contributed by atoms with E-state index < -0.39 is 23.7 Å². The molecule has 0 aliphatic carbocycles. The highest BCUT2D eigenvalue weighted by molar-refractivity contribution is 8.18. The van der Waals surface area contributed by atoms with Crippen LogP contribution in [0.25, 0.3) is 6.08 Å². The van der Waals surface area contributed by atoms with Gasteiger partial charge < -0.3 is 9.47 Å². The van der Waals surface area contributed by atoms with Crippen molar-refractivity contribution < 1.29 is 23.9 Å². The quantitative estimate of drug-likeness (QED) is 0.485. The third-order valence-electron chi connectivity index (χ3n) is 3.68. The molecule has 0 radical (unpaired) electrons. The molecule has 1 atom stereocenters. The molecular weight excluding hydrogens is 390 g/mol. The summed E-state index contributed by atoms with van der Waals surface area (Å²) in [5.74, 6) is -0.586. The Morgan fingerprint density at radius 2 is 2.00 bits per heavy atom. The average Bonchev–Trinajstić information content (AvgIpc) is 2.84. The Balaban J connectivity index is 2.13. The van der Waals surface area contributed by atoms with Crippen molar-refractivity contribution in [2.24, 2.45) is 0 Å². The lowest BCUT2D eigenvalue weighted by Gasteiger charge is -2.14. The first-order valence-electron chi connectivity index (χ1n) is 8.62. The number of rotatable bonds is 7. The van der Waals surface area contributed by atoms with Crippen LogP contribution < -0.4 is 4.74 Å². The number of thioether (sulfide) groups is 1. The number of amides is 2. The van der Waals surface area contributed by atoms with E-state index in [9.17, 15) is 14.4 Å². The molecular formula is C19H22ClNO5S. The van der Waals surface area contributed by atoms with E-state index in [0.29, 0.717) is 16.3 Å². The first-order valence-corrected chi connectivity index (χ1v) is 9.81. The molecule has 0 aromatic heterocycles. The molecule has 1 fully saturated rings. The zero-order valence-electron chi connectivity index (χ0n) is 15.7. The van der Waals surface area contributed by atoms with Crippen molar-refractivity contribution in [3.05, 3.63) is 33.7 Å². The molecule has 0 spiro atoms. The van der Waals surface area contributed by atoms with Gasteiger partial charge in [-0.2, -0.15) is 0 Å². The van der Waals surface area contributed by atoms with Crippen LogP contribution in [0.2, 0.25) is 5.02 Å². The van der Waals surface area contributed by atoms with Gasteiger partial charge in [0.15, 0.2) is 0 Å². The van der Waals surface area contributed by atoms with Gasteiger partial charge in [-0.05, 0) is 62.7 Å². The summed E-state index contributed by atoms with van der Waals surface area (Å²) in [4.78, 5) is 37.3. The molecule has 1 aliphatic rings. The molecule has 0 saturated carbocycles. The normalized spacial score (nSPS) is 17.0. The van der Waals surface area contributed by atoms with Gasteiger partial charge in [0.2, 0.25) is 0 Å². The van der Waals surface area contributed by atoms with E-state index in [1.807, 2.05) is 13.8 Å². The second-order valence-electron chi connectivity index (χ2n) is 6.33. The fourth-order valence-corrected chi connectivity index (χ4v) is 3.29. The van der Waals surface area contributed by atoms with E-state index in [2.05, 4.69) is 0 Å². The SMILES string of the molecule is CC[C@@H](C)Oc1ccc(/C=C2/SC(=O)N(CC(=O)OC(C)C)C2=O)cc1Cl. The number of carbonyl (C=O) groups is 3. The summed E-state index contributed by atoms with van der Waals surface area (Å²) in [7, 11) is 0. The van der Waals surface area contributed by atoms with Crippen molar-refractivity contribution in [3.63, 3.8) is 0 Å². The number of halogens is 1. The van der Waals surface area contributed by atoms with Crippen molar-refractivity contribution >= 4 is 46.6 Å². The topological polar surface area (TPSA) is 72.9 Å². The van der Waals surface area contributed by atoms with Crippen LogP contribution in [-0.2, 0) is 14.3 Å². The van der Waals surface area contributed by atoms with E-state index in [1.165, 1.54) is 0 Å². The third kappa shape index (κ3) is 5.74. The molecule has 1 aromatic carbocycles. The second kappa shape index (κ2) is 9.28. The first kappa shape index (κ1) is 21.3. The molecule has 0 unspecified atom stereocenters. The Kier molecular flexibility index (Phi) is 7.33. The van der Waals surface area contributed by atoms with Crippen molar-refractivity contribution in [1.29, 1.82) is 0 Å². The highest BCUT2D eigenvalue weighted by Crippen LogP contribution is 2.34. The van der Waals surface area contributed by atoms with E-state index in [-0.39, 0.29) is 17.1 Å². The highest BCUT2D eigenvalue weighted by Gasteiger charge is 2.36. The Morgan fingerprint density at radius 1 is 1.30 bits per heavy atom. The minimum absolute atomic E-state index is 0.0374. The lowest BCUT2D eigenvalue weighted by Crippen LogP contribution is -2.35. The lowest BCUT2D eigenvalue weighted by atomic mass is 10.2. The maximum Gasteiger partial charge on any atom is 0.326 e. The fraction of sp³-hybridized carbons (Fsp3) is 0.421. The monoisotopic (exact) mass is 411 g/mol. The minimum Gasteiger partial charge on any atom is -0.489 e. The molecule has 8 heteroatoms. The number of nitrogens with zero attached hydrogens (tertiary/aromatic N) is 1. The number of esters is 1. The second-order valence-corrected chi connectivity index (χ2v) is 7.73. The molecule has 6 nitrogen and oxygen atoms in total. The van der Waals surface area contributed by atoms with Crippen molar-refractivity contribution in [3.8, 4) is 5.75 Å². The summed E-state index contributed by atoms with van der Waals surface area (Å²) in [6.45, 7) is 6.96. The largest absolute Gasteiger partial charge is 0.489 e. The van der Waals surface area contributed by atoms with Gasteiger partial charge in [-0.15, -0.1) is 0 Å². The maximum absolute atomic E-state index is 12.4. The Bertz CT molecular complexity index is 777. The predicted molar refractivity (Wildman–Crippen MR) is 106 cm³/mol. The summed E-state index contributed by atoms with van der Waals surface area (Å²) < 4.78 is 10.7. The Morgan fingerprint density at radius 3 is 2.59 bits per heavy atom.